The highest BCUT2D eigenvalue weighted by atomic mass is 127. The molecule has 13 heteroatoms. The van der Waals surface area contributed by atoms with Crippen LogP contribution in [0.1, 0.15) is 47.1 Å². The fourth-order valence-electron chi connectivity index (χ4n) is 3.91. The van der Waals surface area contributed by atoms with Crippen LogP contribution in [-0.2, 0) is 16.2 Å². The van der Waals surface area contributed by atoms with E-state index in [9.17, 15) is 4.79 Å². The van der Waals surface area contributed by atoms with Crippen molar-refractivity contribution in [1.29, 1.82) is 0 Å². The van der Waals surface area contributed by atoms with Crippen molar-refractivity contribution in [1.82, 2.24) is 24.6 Å². The molecular weight excluding hydrogens is 720 g/mol. The molecule has 3 rings (SSSR count). The van der Waals surface area contributed by atoms with Crippen LogP contribution in [0.15, 0.2) is 24.4 Å². The highest BCUT2D eigenvalue weighted by Crippen LogP contribution is 2.38. The largest absolute Gasteiger partial charge is 0.491 e. The summed E-state index contributed by atoms with van der Waals surface area (Å²) in [4.78, 5) is 23.7. The number of aromatic nitrogens is 4. The van der Waals surface area contributed by atoms with Gasteiger partial charge in [0.15, 0.2) is 14.1 Å². The van der Waals surface area contributed by atoms with Gasteiger partial charge in [0.1, 0.15) is 28.8 Å². The molecule has 2 aromatic heterocycles. The van der Waals surface area contributed by atoms with Crippen molar-refractivity contribution in [3.63, 3.8) is 0 Å². The van der Waals surface area contributed by atoms with Gasteiger partial charge in [0, 0.05) is 25.2 Å². The van der Waals surface area contributed by atoms with Crippen molar-refractivity contribution < 1.29 is 18.7 Å². The Morgan fingerprint density at radius 1 is 1.14 bits per heavy atom. The second kappa shape index (κ2) is 13.6. The second-order valence-electron chi connectivity index (χ2n) is 13.1. The van der Waals surface area contributed by atoms with E-state index in [1.54, 1.807) is 36.1 Å². The smallest absolute Gasteiger partial charge is 0.410 e. The van der Waals surface area contributed by atoms with Gasteiger partial charge in [0.25, 0.3) is 0 Å². The molecule has 0 saturated heterocycles. The molecule has 1 aromatic carbocycles. The number of benzene rings is 1. The molecule has 0 fully saturated rings. The number of carbonyl (C=O) groups is 1. The molecule has 0 saturated carbocycles. The van der Waals surface area contributed by atoms with Gasteiger partial charge >= 0.3 is 6.09 Å². The maximum absolute atomic E-state index is 12.7. The molecule has 236 valence electrons. The number of likely N-dealkylation sites (N-methyl/N-ethyl adjacent to an activating group) is 1. The molecule has 9 nitrogen and oxygen atoms in total. The van der Waals surface area contributed by atoms with E-state index in [1.807, 2.05) is 34.7 Å². The maximum atomic E-state index is 12.7. The van der Waals surface area contributed by atoms with Gasteiger partial charge in [-0.05, 0) is 86.6 Å². The van der Waals surface area contributed by atoms with Crippen molar-refractivity contribution in [2.24, 2.45) is 7.05 Å². The molecule has 43 heavy (non-hydrogen) atoms. The Labute approximate surface area is 279 Å². The lowest BCUT2D eigenvalue weighted by Gasteiger charge is -2.40. The Hall–Kier alpha value is -1.93. The summed E-state index contributed by atoms with van der Waals surface area (Å²) >= 11 is 15.5. The van der Waals surface area contributed by atoms with E-state index in [4.69, 9.17) is 42.1 Å². The average molecular weight is 763 g/mol. The minimum Gasteiger partial charge on any atom is -0.491 e. The van der Waals surface area contributed by atoms with Gasteiger partial charge in [-0.3, -0.25) is 4.68 Å². The lowest BCUT2D eigenvalue weighted by atomic mass is 10.1. The maximum Gasteiger partial charge on any atom is 0.410 e. The van der Waals surface area contributed by atoms with E-state index < -0.39 is 26.1 Å². The lowest BCUT2D eigenvalue weighted by Crippen LogP contribution is -2.49. The van der Waals surface area contributed by atoms with Gasteiger partial charge in [-0.15, -0.1) is 0 Å². The topological polar surface area (TPSA) is 91.6 Å². The van der Waals surface area contributed by atoms with Crippen molar-refractivity contribution >= 4 is 60.2 Å². The molecule has 0 spiro atoms. The molecule has 0 radical (unpaired) electrons. The van der Waals surface area contributed by atoms with E-state index in [2.05, 4.69) is 66.5 Å². The van der Waals surface area contributed by atoms with E-state index in [0.717, 1.165) is 14.8 Å². The number of hydrogen-bond acceptors (Lipinski definition) is 7. The minimum absolute atomic E-state index is 0.0331. The van der Waals surface area contributed by atoms with Crippen LogP contribution in [-0.4, -0.2) is 71.0 Å². The van der Waals surface area contributed by atoms with Crippen molar-refractivity contribution in [3.8, 4) is 28.5 Å². The molecule has 0 bridgehead atoms. The molecule has 0 aliphatic rings. The number of rotatable bonds is 9. The Morgan fingerprint density at radius 3 is 2.35 bits per heavy atom. The third-order valence-corrected chi connectivity index (χ3v) is 13.3. The zero-order valence-corrected chi connectivity index (χ0v) is 31.5. The van der Waals surface area contributed by atoms with Crippen LogP contribution >= 0.6 is 45.8 Å². The van der Waals surface area contributed by atoms with Crippen LogP contribution in [0.25, 0.3) is 22.8 Å². The van der Waals surface area contributed by atoms with Gasteiger partial charge in [-0.2, -0.15) is 5.10 Å². The summed E-state index contributed by atoms with van der Waals surface area (Å²) in [6.45, 7) is 18.8. The zero-order chi connectivity index (χ0) is 32.5. The predicted molar refractivity (Wildman–Crippen MR) is 184 cm³/mol. The van der Waals surface area contributed by atoms with Gasteiger partial charge in [0.05, 0.1) is 33.1 Å². The summed E-state index contributed by atoms with van der Waals surface area (Å²) in [5.41, 5.74) is 2.23. The zero-order valence-electron chi connectivity index (χ0n) is 26.8. The monoisotopic (exact) mass is 761 g/mol. The highest BCUT2D eigenvalue weighted by Gasteiger charge is 2.40. The van der Waals surface area contributed by atoms with Crippen LogP contribution in [0.4, 0.5) is 4.79 Å². The van der Waals surface area contributed by atoms with Gasteiger partial charge < -0.3 is 18.8 Å². The second-order valence-corrected chi connectivity index (χ2v) is 19.8. The van der Waals surface area contributed by atoms with Crippen LogP contribution < -0.4 is 4.74 Å². The first-order valence-corrected chi connectivity index (χ1v) is 18.7. The fraction of sp³-hybridized carbons (Fsp3) is 0.533. The molecule has 3 aromatic rings. The average Bonchev–Trinajstić information content (AvgIpc) is 3.20. The molecule has 0 unspecified atom stereocenters. The van der Waals surface area contributed by atoms with E-state index >= 15 is 0 Å². The van der Waals surface area contributed by atoms with Crippen LogP contribution in [0, 0.1) is 10.5 Å². The van der Waals surface area contributed by atoms with E-state index in [-0.39, 0.29) is 11.6 Å². The Bertz CT molecular complexity index is 1450. The van der Waals surface area contributed by atoms with Gasteiger partial charge in [-0.1, -0.05) is 44.0 Å². The van der Waals surface area contributed by atoms with E-state index in [0.29, 0.717) is 39.6 Å². The van der Waals surface area contributed by atoms with Crippen LogP contribution in [0.5, 0.6) is 5.75 Å². The van der Waals surface area contributed by atoms with Gasteiger partial charge in [0.2, 0.25) is 0 Å². The molecule has 0 aliphatic carbocycles. The minimum atomic E-state index is -2.20. The Morgan fingerprint density at radius 2 is 1.79 bits per heavy atom. The molecule has 0 N–H and O–H groups in total. The third kappa shape index (κ3) is 9.06. The summed E-state index contributed by atoms with van der Waals surface area (Å²) in [7, 11) is 1.36. The standard InChI is InChI=1S/C30H42Cl2IN5O4Si/c1-18-24(25-23(33)15-34-38(25)9)35-27(36-26(18)32)21-14-19(12-13-22(21)31)40-17-20(42-43(10,11)30(5,6)7)16-37(8)28(39)41-29(2,3)4/h12-15,20H,16-17H2,1-11H3/t20-/m1/s1. The third-order valence-electron chi connectivity index (χ3n) is 7.27. The summed E-state index contributed by atoms with van der Waals surface area (Å²) in [5, 5.41) is 5.09. The molecular formula is C30H42Cl2IN5O4Si. The number of amides is 1. The van der Waals surface area contributed by atoms with Crippen molar-refractivity contribution in [2.45, 2.75) is 78.3 Å². The molecule has 1 atom stereocenters. The molecule has 0 aliphatic heterocycles. The highest BCUT2D eigenvalue weighted by molar-refractivity contribution is 14.1. The van der Waals surface area contributed by atoms with E-state index in [1.165, 1.54) is 4.90 Å². The summed E-state index contributed by atoms with van der Waals surface area (Å²) in [5.74, 6) is 0.928. The quantitative estimate of drug-likeness (QED) is 0.123. The number of hydrogen-bond donors (Lipinski definition) is 0. The van der Waals surface area contributed by atoms with Crippen molar-refractivity contribution in [3.05, 3.63) is 43.7 Å². The number of aryl methyl sites for hydroxylation is 1. The van der Waals surface area contributed by atoms with Crippen LogP contribution in [0.2, 0.25) is 28.3 Å². The summed E-state index contributed by atoms with van der Waals surface area (Å²) < 4.78 is 21.2. The number of halogens is 3. The number of nitrogens with zero attached hydrogens (tertiary/aromatic N) is 5. The number of ether oxygens (including phenoxy) is 2. The first-order chi connectivity index (χ1) is 19.7. The first kappa shape index (κ1) is 35.5. The number of carbonyl (C=O) groups excluding carboxylic acids is 1. The summed E-state index contributed by atoms with van der Waals surface area (Å²) in [6.07, 6.45) is 0.952. The van der Waals surface area contributed by atoms with Crippen LogP contribution in [0.3, 0.4) is 0 Å². The first-order valence-electron chi connectivity index (χ1n) is 14.0. The van der Waals surface area contributed by atoms with Gasteiger partial charge in [-0.25, -0.2) is 14.8 Å². The lowest BCUT2D eigenvalue weighted by molar-refractivity contribution is 0.0172. The molecule has 2 heterocycles. The predicted octanol–water partition coefficient (Wildman–Crippen LogP) is 8.40. The Kier molecular flexibility index (Phi) is 11.2. The molecule has 1 amide bonds. The fourth-order valence-corrected chi connectivity index (χ4v) is 6.34. The Balaban J connectivity index is 1.91. The summed E-state index contributed by atoms with van der Waals surface area (Å²) in [6, 6.07) is 5.32. The van der Waals surface area contributed by atoms with Crippen molar-refractivity contribution in [2.75, 3.05) is 20.2 Å². The SMILES string of the molecule is Cc1c(Cl)nc(-c2cc(OC[C@@H](CN(C)C(=O)OC(C)(C)C)O[Si](C)(C)C(C)(C)C)ccc2Cl)nc1-c1c(I)cnn1C. The normalized spacial score (nSPS) is 13.2.